The Morgan fingerprint density at radius 2 is 2.14 bits per heavy atom. The first kappa shape index (κ1) is 13.2. The molecule has 1 saturated carbocycles. The molecule has 1 aliphatic heterocycles. The Kier molecular flexibility index (Phi) is 3.13. The highest BCUT2D eigenvalue weighted by Crippen LogP contribution is 2.54. The SMILES string of the molecule is NC(N)=NC(=O)C=Cc1ccccc1C12CC1OC=CO2. The molecule has 6 nitrogen and oxygen atoms in total. The van der Waals surface area contributed by atoms with Crippen LogP contribution in [0.5, 0.6) is 0 Å². The minimum absolute atomic E-state index is 0.0189. The molecule has 1 heterocycles. The minimum atomic E-state index is -0.504. The second-order valence-electron chi connectivity index (χ2n) is 4.90. The zero-order chi connectivity index (χ0) is 14.9. The number of guanidine groups is 1. The van der Waals surface area contributed by atoms with E-state index in [9.17, 15) is 4.79 Å². The van der Waals surface area contributed by atoms with E-state index in [2.05, 4.69) is 4.99 Å². The van der Waals surface area contributed by atoms with Gasteiger partial charge in [0.2, 0.25) is 0 Å². The number of fused-ring (bicyclic) bond motifs is 1. The van der Waals surface area contributed by atoms with Crippen LogP contribution in [0.15, 0.2) is 47.9 Å². The maximum absolute atomic E-state index is 11.5. The maximum atomic E-state index is 11.5. The van der Waals surface area contributed by atoms with E-state index >= 15 is 0 Å². The minimum Gasteiger partial charge on any atom is -0.490 e. The van der Waals surface area contributed by atoms with Crippen LogP contribution in [0.1, 0.15) is 17.5 Å². The van der Waals surface area contributed by atoms with Crippen molar-refractivity contribution in [2.75, 3.05) is 0 Å². The molecule has 0 spiro atoms. The van der Waals surface area contributed by atoms with E-state index in [1.807, 2.05) is 24.3 Å². The van der Waals surface area contributed by atoms with Gasteiger partial charge < -0.3 is 20.9 Å². The summed E-state index contributed by atoms with van der Waals surface area (Å²) in [7, 11) is 0. The summed E-state index contributed by atoms with van der Waals surface area (Å²) < 4.78 is 11.2. The largest absolute Gasteiger partial charge is 0.490 e. The molecule has 3 rings (SSSR count). The van der Waals surface area contributed by atoms with Gasteiger partial charge in [0.05, 0.1) is 0 Å². The van der Waals surface area contributed by atoms with E-state index < -0.39 is 11.5 Å². The zero-order valence-electron chi connectivity index (χ0n) is 11.2. The van der Waals surface area contributed by atoms with Crippen molar-refractivity contribution in [2.24, 2.45) is 16.5 Å². The number of ether oxygens (including phenoxy) is 2. The summed E-state index contributed by atoms with van der Waals surface area (Å²) in [4.78, 5) is 14.9. The van der Waals surface area contributed by atoms with Crippen molar-refractivity contribution in [3.8, 4) is 0 Å². The molecule has 1 aliphatic carbocycles. The first-order chi connectivity index (χ1) is 10.1. The smallest absolute Gasteiger partial charge is 0.272 e. The summed E-state index contributed by atoms with van der Waals surface area (Å²) in [6.45, 7) is 0. The van der Waals surface area contributed by atoms with Gasteiger partial charge in [0.25, 0.3) is 5.91 Å². The summed E-state index contributed by atoms with van der Waals surface area (Å²) in [6.07, 6.45) is 6.91. The van der Waals surface area contributed by atoms with E-state index in [1.54, 1.807) is 18.6 Å². The highest BCUT2D eigenvalue weighted by Gasteiger charge is 2.62. The Morgan fingerprint density at radius 3 is 2.90 bits per heavy atom. The van der Waals surface area contributed by atoms with Crippen LogP contribution in [0.2, 0.25) is 0 Å². The van der Waals surface area contributed by atoms with Gasteiger partial charge >= 0.3 is 0 Å². The van der Waals surface area contributed by atoms with Gasteiger partial charge in [-0.25, -0.2) is 0 Å². The van der Waals surface area contributed by atoms with Crippen LogP contribution in [0.4, 0.5) is 0 Å². The Bertz CT molecular complexity index is 662. The van der Waals surface area contributed by atoms with Crippen LogP contribution < -0.4 is 11.5 Å². The number of benzene rings is 1. The molecule has 1 aromatic carbocycles. The number of aliphatic imine (C=N–C) groups is 1. The topological polar surface area (TPSA) is 99.9 Å². The number of nitrogens with zero attached hydrogens (tertiary/aromatic N) is 1. The summed E-state index contributed by atoms with van der Waals surface area (Å²) in [5.41, 5.74) is 11.7. The van der Waals surface area contributed by atoms with Gasteiger partial charge in [-0.15, -0.1) is 0 Å². The fraction of sp³-hybridized carbons (Fsp3) is 0.200. The lowest BCUT2D eigenvalue weighted by Crippen LogP contribution is -2.23. The van der Waals surface area contributed by atoms with Crippen LogP contribution in [0, 0.1) is 0 Å². The lowest BCUT2D eigenvalue weighted by molar-refractivity contribution is -0.113. The van der Waals surface area contributed by atoms with Crippen molar-refractivity contribution in [2.45, 2.75) is 18.1 Å². The lowest BCUT2D eigenvalue weighted by atomic mass is 9.99. The monoisotopic (exact) mass is 285 g/mol. The molecule has 21 heavy (non-hydrogen) atoms. The molecule has 4 N–H and O–H groups in total. The third kappa shape index (κ3) is 2.47. The van der Waals surface area contributed by atoms with Crippen molar-refractivity contribution < 1.29 is 14.3 Å². The van der Waals surface area contributed by atoms with Crippen LogP contribution in [0.25, 0.3) is 6.08 Å². The molecule has 1 fully saturated rings. The molecule has 0 aromatic heterocycles. The molecular formula is C15H15N3O3. The van der Waals surface area contributed by atoms with E-state index in [-0.39, 0.29) is 12.1 Å². The predicted molar refractivity (Wildman–Crippen MR) is 77.7 cm³/mol. The van der Waals surface area contributed by atoms with Crippen LogP contribution in [-0.2, 0) is 19.9 Å². The number of nitrogens with two attached hydrogens (primary N) is 2. The fourth-order valence-electron chi connectivity index (χ4n) is 2.47. The number of hydrogen-bond acceptors (Lipinski definition) is 3. The Labute approximate surface area is 121 Å². The second kappa shape index (κ2) is 4.97. The van der Waals surface area contributed by atoms with Gasteiger partial charge in [0.1, 0.15) is 18.6 Å². The first-order valence-corrected chi connectivity index (χ1v) is 6.51. The van der Waals surface area contributed by atoms with Crippen LogP contribution in [-0.4, -0.2) is 18.0 Å². The average Bonchev–Trinajstić information content (AvgIpc) is 3.20. The van der Waals surface area contributed by atoms with Gasteiger partial charge in [-0.1, -0.05) is 24.3 Å². The van der Waals surface area contributed by atoms with E-state index in [4.69, 9.17) is 20.9 Å². The molecule has 0 saturated heterocycles. The molecule has 6 heteroatoms. The first-order valence-electron chi connectivity index (χ1n) is 6.51. The van der Waals surface area contributed by atoms with Crippen molar-refractivity contribution in [3.63, 3.8) is 0 Å². The normalized spacial score (nSPS) is 25.6. The fourth-order valence-corrected chi connectivity index (χ4v) is 2.47. The average molecular weight is 285 g/mol. The summed E-state index contributed by atoms with van der Waals surface area (Å²) in [6, 6.07) is 7.69. The third-order valence-corrected chi connectivity index (χ3v) is 3.49. The van der Waals surface area contributed by atoms with Gasteiger partial charge in [-0.05, 0) is 11.6 Å². The summed E-state index contributed by atoms with van der Waals surface area (Å²) >= 11 is 0. The van der Waals surface area contributed by atoms with Gasteiger partial charge in [0, 0.05) is 18.1 Å². The van der Waals surface area contributed by atoms with E-state index in [0.29, 0.717) is 0 Å². The van der Waals surface area contributed by atoms with Crippen LogP contribution in [0.3, 0.4) is 0 Å². The quantitative estimate of drug-likeness (QED) is 0.490. The zero-order valence-corrected chi connectivity index (χ0v) is 11.2. The van der Waals surface area contributed by atoms with Crippen LogP contribution >= 0.6 is 0 Å². The van der Waals surface area contributed by atoms with E-state index in [0.717, 1.165) is 17.5 Å². The number of hydrogen-bond donors (Lipinski definition) is 2. The number of rotatable bonds is 3. The molecular weight excluding hydrogens is 270 g/mol. The van der Waals surface area contributed by atoms with Gasteiger partial charge in [-0.2, -0.15) is 4.99 Å². The summed E-state index contributed by atoms with van der Waals surface area (Å²) in [5, 5.41) is 0. The van der Waals surface area contributed by atoms with Gasteiger partial charge in [0.15, 0.2) is 11.6 Å². The van der Waals surface area contributed by atoms with Crippen molar-refractivity contribution in [3.05, 3.63) is 54.0 Å². The van der Waals surface area contributed by atoms with E-state index in [1.165, 1.54) is 6.08 Å². The number of carbonyl (C=O) groups excluding carboxylic acids is 1. The van der Waals surface area contributed by atoms with Crippen molar-refractivity contribution >= 4 is 17.9 Å². The molecule has 2 atom stereocenters. The molecule has 108 valence electrons. The molecule has 1 aromatic rings. The van der Waals surface area contributed by atoms with Gasteiger partial charge in [-0.3, -0.25) is 4.79 Å². The number of amides is 1. The molecule has 2 aliphatic rings. The number of carbonyl (C=O) groups is 1. The Hall–Kier alpha value is -2.76. The lowest BCUT2D eigenvalue weighted by Gasteiger charge is -2.22. The molecule has 1 amide bonds. The predicted octanol–water partition coefficient (Wildman–Crippen LogP) is 0.985. The Balaban J connectivity index is 1.88. The molecule has 2 unspecified atom stereocenters. The van der Waals surface area contributed by atoms with Crippen molar-refractivity contribution in [1.82, 2.24) is 0 Å². The highest BCUT2D eigenvalue weighted by molar-refractivity contribution is 6.00. The summed E-state index contributed by atoms with van der Waals surface area (Å²) in [5.74, 6) is -0.761. The molecule has 0 radical (unpaired) electrons. The highest BCUT2D eigenvalue weighted by atomic mass is 16.6. The molecule has 0 bridgehead atoms. The maximum Gasteiger partial charge on any atom is 0.272 e. The second-order valence-corrected chi connectivity index (χ2v) is 4.90. The third-order valence-electron chi connectivity index (χ3n) is 3.49. The Morgan fingerprint density at radius 1 is 1.33 bits per heavy atom. The van der Waals surface area contributed by atoms with Crippen molar-refractivity contribution in [1.29, 1.82) is 0 Å². The standard InChI is InChI=1S/C15H15N3O3/c16-14(17)18-13(19)6-5-10-3-1-2-4-11(10)15-9-12(15)20-7-8-21-15/h1-8,12H,9H2,(H4,16,17,18,19).